The van der Waals surface area contributed by atoms with Crippen molar-refractivity contribution in [2.75, 3.05) is 0 Å². The van der Waals surface area contributed by atoms with E-state index in [0.29, 0.717) is 0 Å². The Balaban J connectivity index is 0.00000220. The molecule has 0 aliphatic heterocycles. The largest absolute Gasteiger partial charge is 1.00 e. The van der Waals surface area contributed by atoms with Gasteiger partial charge in [-0.25, -0.2) is 0 Å². The molecule has 0 heterocycles. The molecule has 2 rings (SSSR count). The summed E-state index contributed by atoms with van der Waals surface area (Å²) in [6.45, 7) is 19.5. The normalized spacial score (nSPS) is 24.2. The fraction of sp³-hybridized carbons (Fsp3) is 0.556. The van der Waals surface area contributed by atoms with Gasteiger partial charge in [-0.2, -0.15) is 0 Å². The zero-order chi connectivity index (χ0) is 15.2. The van der Waals surface area contributed by atoms with Crippen molar-refractivity contribution in [3.63, 3.8) is 0 Å². The number of rotatable bonds is 3. The Kier molecular flexibility index (Phi) is 8.89. The van der Waals surface area contributed by atoms with E-state index in [-0.39, 0.29) is 24.8 Å². The molecule has 0 spiro atoms. The van der Waals surface area contributed by atoms with Gasteiger partial charge in [-0.15, -0.1) is 0 Å². The predicted molar refractivity (Wildman–Crippen MR) is 90.1 cm³/mol. The molecule has 123 valence electrons. The molecule has 0 bridgehead atoms. The first-order chi connectivity index (χ1) is 9.25. The average molecular weight is 523 g/mol. The molecule has 0 fully saturated rings. The van der Waals surface area contributed by atoms with Crippen molar-refractivity contribution in [1.82, 2.24) is 0 Å². The second-order valence-electron chi connectivity index (χ2n) is 6.92. The van der Waals surface area contributed by atoms with Gasteiger partial charge in [0.2, 0.25) is 0 Å². The van der Waals surface area contributed by atoms with Crippen LogP contribution in [0.15, 0.2) is 41.1 Å². The molecular weight excluding hydrogens is 494 g/mol. The Labute approximate surface area is 158 Å². The molecule has 0 saturated heterocycles. The van der Waals surface area contributed by atoms with Crippen LogP contribution in [0.1, 0.15) is 41.5 Å². The topological polar surface area (TPSA) is 0 Å². The third-order valence-electron chi connectivity index (χ3n) is 5.06. The standard InChI is InChI=1S/2C8H11.C2H7Si.2ClH.Hf/c2*1-6-4-7(2)8(3)5-6;1-3-2;;;/h2*4,6H,1-3H3;3H,1-2H3;2*1H;/q;;;;;+2/p-2. The summed E-state index contributed by atoms with van der Waals surface area (Å²) in [5.74, 6) is 0.876. The van der Waals surface area contributed by atoms with Crippen LogP contribution < -0.4 is 24.8 Å². The predicted octanol–water partition coefficient (Wildman–Crippen LogP) is -0.664. The molecule has 2 aliphatic rings. The number of allylic oxidation sites excluding steroid dienone is 8. The van der Waals surface area contributed by atoms with Crippen molar-refractivity contribution in [1.29, 1.82) is 0 Å². The first-order valence-corrected chi connectivity index (χ1v) is 20.6. The minimum Gasteiger partial charge on any atom is -1.00 e. The Morgan fingerprint density at radius 1 is 0.773 bits per heavy atom. The van der Waals surface area contributed by atoms with Crippen molar-refractivity contribution in [3.8, 4) is 0 Å². The van der Waals surface area contributed by atoms with Crippen LogP contribution in [-0.4, -0.2) is 5.98 Å². The summed E-state index contributed by atoms with van der Waals surface area (Å²) in [6.07, 6.45) is 5.03. The minimum absolute atomic E-state index is 0. The number of hydrogen-bond donors (Lipinski definition) is 0. The third-order valence-corrected chi connectivity index (χ3v) is 33.9. The summed E-state index contributed by atoms with van der Waals surface area (Å²) in [5.41, 5.74) is 6.44. The summed E-state index contributed by atoms with van der Waals surface area (Å²) < 4.78 is 3.89. The van der Waals surface area contributed by atoms with Gasteiger partial charge in [0.1, 0.15) is 0 Å². The fourth-order valence-electron chi connectivity index (χ4n) is 3.94. The van der Waals surface area contributed by atoms with Gasteiger partial charge in [0.15, 0.2) is 0 Å². The minimum atomic E-state index is -1.81. The van der Waals surface area contributed by atoms with Gasteiger partial charge in [0, 0.05) is 0 Å². The molecule has 4 heteroatoms. The molecule has 0 radical (unpaired) electrons. The summed E-state index contributed by atoms with van der Waals surface area (Å²) in [4.78, 5) is 0. The van der Waals surface area contributed by atoms with Gasteiger partial charge < -0.3 is 24.8 Å². The van der Waals surface area contributed by atoms with Crippen LogP contribution in [0.4, 0.5) is 0 Å². The van der Waals surface area contributed by atoms with Crippen LogP contribution in [0, 0.1) is 11.8 Å². The van der Waals surface area contributed by atoms with Crippen molar-refractivity contribution < 1.29 is 45.4 Å². The Morgan fingerprint density at radius 2 is 1.09 bits per heavy atom. The quantitative estimate of drug-likeness (QED) is 0.432. The zero-order valence-corrected chi connectivity index (χ0v) is 21.4. The molecule has 0 aromatic rings. The second-order valence-corrected chi connectivity index (χ2v) is 33.2. The van der Waals surface area contributed by atoms with Crippen LogP contribution in [0.2, 0.25) is 13.1 Å². The first-order valence-electron chi connectivity index (χ1n) is 7.92. The van der Waals surface area contributed by atoms with Crippen molar-refractivity contribution in [2.24, 2.45) is 11.8 Å². The van der Waals surface area contributed by atoms with Crippen molar-refractivity contribution >= 4 is 5.98 Å². The molecule has 0 saturated carbocycles. The maximum absolute atomic E-state index is 2.61. The molecule has 0 amide bonds. The van der Waals surface area contributed by atoms with Gasteiger partial charge in [-0.1, -0.05) is 0 Å². The van der Waals surface area contributed by atoms with Gasteiger partial charge in [-0.3, -0.25) is 0 Å². The molecule has 0 aromatic heterocycles. The maximum atomic E-state index is 2.61. The van der Waals surface area contributed by atoms with Crippen LogP contribution >= 0.6 is 0 Å². The smallest absolute Gasteiger partial charge is 1.00 e. The van der Waals surface area contributed by atoms with Crippen molar-refractivity contribution in [3.05, 3.63) is 41.1 Å². The SMILES string of the molecule is CC1=CC(C)[C]([Hf+2]([C]2=C(C)C(C)=CC2C)[SiH](C)C)=C1C.[Cl-].[Cl-]. The summed E-state index contributed by atoms with van der Waals surface area (Å²) in [5, 5.41) is 0. The monoisotopic (exact) mass is 523 g/mol. The van der Waals surface area contributed by atoms with E-state index in [2.05, 4.69) is 66.8 Å². The first kappa shape index (κ1) is 22.6. The number of halogens is 2. The summed E-state index contributed by atoms with van der Waals surface area (Å²) >= 11 is -1.81. The Bertz CT molecular complexity index is 509. The van der Waals surface area contributed by atoms with Gasteiger partial charge in [0.05, 0.1) is 0 Å². The van der Waals surface area contributed by atoms with Crippen LogP contribution in [-0.2, 0) is 20.6 Å². The third kappa shape index (κ3) is 3.99. The van der Waals surface area contributed by atoms with E-state index in [1.54, 1.807) is 22.3 Å². The molecule has 22 heavy (non-hydrogen) atoms. The Morgan fingerprint density at radius 3 is 1.27 bits per heavy atom. The average Bonchev–Trinajstić information content (AvgIpc) is 2.72. The van der Waals surface area contributed by atoms with E-state index in [4.69, 9.17) is 0 Å². The fourth-order valence-corrected chi connectivity index (χ4v) is 35.9. The van der Waals surface area contributed by atoms with Gasteiger partial charge in [-0.05, 0) is 0 Å². The van der Waals surface area contributed by atoms with Crippen molar-refractivity contribution in [2.45, 2.75) is 54.6 Å². The van der Waals surface area contributed by atoms with Crippen LogP contribution in [0.5, 0.6) is 0 Å². The van der Waals surface area contributed by atoms with E-state index in [1.165, 1.54) is 0 Å². The molecule has 2 atom stereocenters. The van der Waals surface area contributed by atoms with Gasteiger partial charge >= 0.3 is 134 Å². The maximum Gasteiger partial charge on any atom is -1.00 e. The zero-order valence-electron chi connectivity index (χ0n) is 15.1. The summed E-state index contributed by atoms with van der Waals surface area (Å²) in [6, 6.07) is 0. The molecular formula is C18H29Cl2HfSi. The van der Waals surface area contributed by atoms with E-state index in [1.807, 2.05) is 6.66 Å². The van der Waals surface area contributed by atoms with Crippen LogP contribution in [0.25, 0.3) is 0 Å². The van der Waals surface area contributed by atoms with Crippen LogP contribution in [0.3, 0.4) is 0 Å². The molecule has 2 aliphatic carbocycles. The Hall–Kier alpha value is 0.627. The molecule has 0 nitrogen and oxygen atoms in total. The summed E-state index contributed by atoms with van der Waals surface area (Å²) in [7, 11) is 0. The second kappa shape index (κ2) is 8.64. The van der Waals surface area contributed by atoms with E-state index >= 15 is 0 Å². The van der Waals surface area contributed by atoms with E-state index < -0.39 is 26.6 Å². The van der Waals surface area contributed by atoms with Gasteiger partial charge in [0.25, 0.3) is 0 Å². The van der Waals surface area contributed by atoms with E-state index in [0.717, 1.165) is 11.8 Å². The molecule has 2 unspecified atom stereocenters. The molecule has 0 N–H and O–H groups in total. The number of hydrogen-bond acceptors (Lipinski definition) is 0. The van der Waals surface area contributed by atoms with E-state index in [9.17, 15) is 0 Å². The molecule has 0 aromatic carbocycles.